The van der Waals surface area contributed by atoms with Gasteiger partial charge in [-0.2, -0.15) is 18.3 Å². The van der Waals surface area contributed by atoms with Crippen molar-refractivity contribution < 1.29 is 22.7 Å². The number of carbonyl (C=O) groups is 1. The Morgan fingerprint density at radius 1 is 1.69 bits per heavy atom. The van der Waals surface area contributed by atoms with Crippen LogP contribution in [0.25, 0.3) is 0 Å². The molecule has 1 unspecified atom stereocenters. The number of ether oxygens (including phenoxy) is 1. The highest BCUT2D eigenvalue weighted by atomic mass is 19.4. The van der Waals surface area contributed by atoms with Crippen LogP contribution in [0.15, 0.2) is 12.4 Å². The standard InChI is InChI=1S/C8H10F3N3O2/c1-5(6-2-12-13-3-6)14-7(15)16-4-8(9,10)11/h2-3,5H,4H2,1H3,(H,12,13)(H,14,15). The molecule has 0 aliphatic heterocycles. The minimum atomic E-state index is -4.52. The second kappa shape index (κ2) is 4.86. The molecule has 0 aliphatic rings. The summed E-state index contributed by atoms with van der Waals surface area (Å²) in [5.41, 5.74) is 0.643. The van der Waals surface area contributed by atoms with Gasteiger partial charge in [-0.15, -0.1) is 0 Å². The molecule has 1 aromatic heterocycles. The van der Waals surface area contributed by atoms with Crippen molar-refractivity contribution in [2.45, 2.75) is 19.1 Å². The lowest BCUT2D eigenvalue weighted by Crippen LogP contribution is -2.30. The Morgan fingerprint density at radius 3 is 2.88 bits per heavy atom. The van der Waals surface area contributed by atoms with Gasteiger partial charge in [0.2, 0.25) is 0 Å². The minimum absolute atomic E-state index is 0.473. The van der Waals surface area contributed by atoms with Gasteiger partial charge < -0.3 is 10.1 Å². The Kier molecular flexibility index (Phi) is 3.75. The second-order valence-corrected chi connectivity index (χ2v) is 3.09. The third-order valence-electron chi connectivity index (χ3n) is 1.72. The number of alkyl carbamates (subject to hydrolysis) is 1. The van der Waals surface area contributed by atoms with E-state index in [1.165, 1.54) is 12.4 Å². The van der Waals surface area contributed by atoms with Gasteiger partial charge in [-0.05, 0) is 6.92 Å². The first kappa shape index (κ1) is 12.3. The maximum atomic E-state index is 11.7. The molecule has 0 aliphatic carbocycles. The molecular weight excluding hydrogens is 227 g/mol. The molecule has 5 nitrogen and oxygen atoms in total. The Balaban J connectivity index is 2.35. The van der Waals surface area contributed by atoms with E-state index in [9.17, 15) is 18.0 Å². The zero-order valence-electron chi connectivity index (χ0n) is 8.34. The average molecular weight is 237 g/mol. The van der Waals surface area contributed by atoms with Crippen molar-refractivity contribution >= 4 is 6.09 Å². The van der Waals surface area contributed by atoms with Crippen LogP contribution in [0.1, 0.15) is 18.5 Å². The molecule has 0 aromatic carbocycles. The molecule has 1 amide bonds. The number of hydrogen-bond donors (Lipinski definition) is 2. The molecule has 0 bridgehead atoms. The Bertz CT molecular complexity index is 337. The largest absolute Gasteiger partial charge is 0.440 e. The van der Waals surface area contributed by atoms with Crippen LogP contribution in [0.2, 0.25) is 0 Å². The summed E-state index contributed by atoms with van der Waals surface area (Å²) in [7, 11) is 0. The molecule has 1 atom stereocenters. The summed E-state index contributed by atoms with van der Waals surface area (Å²) >= 11 is 0. The van der Waals surface area contributed by atoms with Crippen LogP contribution in [-0.2, 0) is 4.74 Å². The van der Waals surface area contributed by atoms with Crippen molar-refractivity contribution in [1.29, 1.82) is 0 Å². The van der Waals surface area contributed by atoms with Gasteiger partial charge in [0, 0.05) is 11.8 Å². The number of rotatable bonds is 3. The number of carbonyl (C=O) groups excluding carboxylic acids is 1. The van der Waals surface area contributed by atoms with E-state index < -0.39 is 24.9 Å². The van der Waals surface area contributed by atoms with E-state index in [4.69, 9.17) is 0 Å². The smallest absolute Gasteiger partial charge is 0.422 e. The van der Waals surface area contributed by atoms with Gasteiger partial charge in [0.1, 0.15) is 0 Å². The first-order valence-electron chi connectivity index (χ1n) is 4.37. The van der Waals surface area contributed by atoms with Crippen molar-refractivity contribution in [3.05, 3.63) is 18.0 Å². The number of alkyl halides is 3. The van der Waals surface area contributed by atoms with Crippen molar-refractivity contribution in [1.82, 2.24) is 15.5 Å². The molecule has 0 fully saturated rings. The number of hydrogen-bond acceptors (Lipinski definition) is 3. The van der Waals surface area contributed by atoms with Crippen molar-refractivity contribution in [3.8, 4) is 0 Å². The number of aromatic amines is 1. The lowest BCUT2D eigenvalue weighted by atomic mass is 10.2. The maximum absolute atomic E-state index is 11.7. The first-order chi connectivity index (χ1) is 7.38. The Morgan fingerprint density at radius 2 is 2.38 bits per heavy atom. The van der Waals surface area contributed by atoms with E-state index in [0.717, 1.165) is 0 Å². The van der Waals surface area contributed by atoms with E-state index in [-0.39, 0.29) is 0 Å². The molecule has 1 aromatic rings. The topological polar surface area (TPSA) is 67.0 Å². The third-order valence-corrected chi connectivity index (χ3v) is 1.72. The van der Waals surface area contributed by atoms with Crippen LogP contribution in [0, 0.1) is 0 Å². The summed E-state index contributed by atoms with van der Waals surface area (Å²) in [4.78, 5) is 10.9. The van der Waals surface area contributed by atoms with Gasteiger partial charge >= 0.3 is 12.3 Å². The van der Waals surface area contributed by atoms with Crippen LogP contribution in [0.5, 0.6) is 0 Å². The van der Waals surface area contributed by atoms with Crippen molar-refractivity contribution in [2.24, 2.45) is 0 Å². The second-order valence-electron chi connectivity index (χ2n) is 3.09. The normalized spacial score (nSPS) is 13.2. The number of H-pyrrole nitrogens is 1. The Hall–Kier alpha value is -1.73. The van der Waals surface area contributed by atoms with E-state index in [0.29, 0.717) is 5.56 Å². The van der Waals surface area contributed by atoms with Crippen LogP contribution >= 0.6 is 0 Å². The summed E-state index contributed by atoms with van der Waals surface area (Å²) < 4.78 is 39.1. The SMILES string of the molecule is CC(NC(=O)OCC(F)(F)F)c1cn[nH]c1. The number of nitrogens with zero attached hydrogens (tertiary/aromatic N) is 1. The quantitative estimate of drug-likeness (QED) is 0.841. The van der Waals surface area contributed by atoms with Crippen molar-refractivity contribution in [3.63, 3.8) is 0 Å². The van der Waals surface area contributed by atoms with Gasteiger partial charge in [0.05, 0.1) is 12.2 Å². The van der Waals surface area contributed by atoms with Gasteiger partial charge in [-0.25, -0.2) is 4.79 Å². The fourth-order valence-corrected chi connectivity index (χ4v) is 0.947. The summed E-state index contributed by atoms with van der Waals surface area (Å²) in [6, 6.07) is -0.473. The molecule has 2 N–H and O–H groups in total. The molecule has 1 rings (SSSR count). The average Bonchev–Trinajstić information content (AvgIpc) is 2.66. The molecule has 0 spiro atoms. The highest BCUT2D eigenvalue weighted by Gasteiger charge is 2.29. The lowest BCUT2D eigenvalue weighted by Gasteiger charge is -2.13. The molecule has 0 saturated heterocycles. The number of nitrogens with one attached hydrogen (secondary N) is 2. The van der Waals surface area contributed by atoms with Gasteiger partial charge in [0.15, 0.2) is 6.61 Å². The molecule has 1 heterocycles. The van der Waals surface area contributed by atoms with Crippen LogP contribution in [0.3, 0.4) is 0 Å². The van der Waals surface area contributed by atoms with E-state index in [2.05, 4.69) is 20.3 Å². The minimum Gasteiger partial charge on any atom is -0.440 e. The monoisotopic (exact) mass is 237 g/mol. The first-order valence-corrected chi connectivity index (χ1v) is 4.37. The molecule has 0 saturated carbocycles. The predicted molar refractivity (Wildman–Crippen MR) is 47.5 cm³/mol. The van der Waals surface area contributed by atoms with Gasteiger partial charge in [-0.3, -0.25) is 5.10 Å². The highest BCUT2D eigenvalue weighted by molar-refractivity contribution is 5.67. The zero-order valence-corrected chi connectivity index (χ0v) is 8.34. The summed E-state index contributed by atoms with van der Waals surface area (Å²) in [6.45, 7) is -0.00333. The molecule has 90 valence electrons. The van der Waals surface area contributed by atoms with E-state index in [1.54, 1.807) is 6.92 Å². The van der Waals surface area contributed by atoms with E-state index in [1.807, 2.05) is 0 Å². The molecule has 16 heavy (non-hydrogen) atoms. The summed E-state index contributed by atoms with van der Waals surface area (Å²) in [5, 5.41) is 8.39. The number of amides is 1. The fourth-order valence-electron chi connectivity index (χ4n) is 0.947. The van der Waals surface area contributed by atoms with Crippen LogP contribution < -0.4 is 5.32 Å². The maximum Gasteiger partial charge on any atom is 0.422 e. The van der Waals surface area contributed by atoms with E-state index >= 15 is 0 Å². The predicted octanol–water partition coefficient (Wildman–Crippen LogP) is 1.76. The summed E-state index contributed by atoms with van der Waals surface area (Å²) in [5.74, 6) is 0. The molecule has 0 radical (unpaired) electrons. The van der Waals surface area contributed by atoms with Gasteiger partial charge in [-0.1, -0.05) is 0 Å². The third kappa shape index (κ3) is 4.20. The Labute approximate surface area is 89.0 Å². The number of aromatic nitrogens is 2. The highest BCUT2D eigenvalue weighted by Crippen LogP contribution is 2.15. The summed E-state index contributed by atoms with van der Waals surface area (Å²) in [6.07, 6.45) is -2.66. The van der Waals surface area contributed by atoms with Crippen LogP contribution in [-0.4, -0.2) is 29.1 Å². The molecular formula is C8H10F3N3O2. The fraction of sp³-hybridized carbons (Fsp3) is 0.500. The molecule has 8 heteroatoms. The number of halogens is 3. The lowest BCUT2D eigenvalue weighted by molar-refractivity contribution is -0.160. The van der Waals surface area contributed by atoms with Crippen LogP contribution in [0.4, 0.5) is 18.0 Å². The zero-order chi connectivity index (χ0) is 12.2. The van der Waals surface area contributed by atoms with Gasteiger partial charge in [0.25, 0.3) is 0 Å². The van der Waals surface area contributed by atoms with Crippen molar-refractivity contribution in [2.75, 3.05) is 6.61 Å².